The molecule has 156 valence electrons. The average Bonchev–Trinajstić information content (AvgIpc) is 2.80. The maximum absolute atomic E-state index is 6.00. The summed E-state index contributed by atoms with van der Waals surface area (Å²) in [5.41, 5.74) is 18.1. The van der Waals surface area contributed by atoms with Gasteiger partial charge in [-0.25, -0.2) is 0 Å². The first-order chi connectivity index (χ1) is 14.6. The molecule has 1 aliphatic carbocycles. The van der Waals surface area contributed by atoms with Crippen LogP contribution < -0.4 is 16.2 Å². The highest BCUT2D eigenvalue weighted by Gasteiger charge is 2.21. The molecule has 1 aliphatic rings. The zero-order valence-electron chi connectivity index (χ0n) is 17.8. The summed E-state index contributed by atoms with van der Waals surface area (Å²) in [5.74, 6) is 2.50. The van der Waals surface area contributed by atoms with Crippen LogP contribution in [0.3, 0.4) is 0 Å². The van der Waals surface area contributed by atoms with Gasteiger partial charge < -0.3 is 16.2 Å². The summed E-state index contributed by atoms with van der Waals surface area (Å²) >= 11 is 0. The van der Waals surface area contributed by atoms with E-state index in [2.05, 4.69) is 43.3 Å². The molecule has 4 N–H and O–H groups in total. The molecule has 0 spiro atoms. The molecule has 3 heteroatoms. The second kappa shape index (κ2) is 9.25. The first-order valence-corrected chi connectivity index (χ1v) is 11.1. The van der Waals surface area contributed by atoms with Crippen molar-refractivity contribution in [3.8, 4) is 16.9 Å². The van der Waals surface area contributed by atoms with Crippen molar-refractivity contribution in [2.75, 3.05) is 11.5 Å². The molecular formula is C27H32N2O. The van der Waals surface area contributed by atoms with Crippen LogP contribution in [0, 0.1) is 5.92 Å². The van der Waals surface area contributed by atoms with Gasteiger partial charge in [0.2, 0.25) is 0 Å². The lowest BCUT2D eigenvalue weighted by atomic mass is 9.77. The van der Waals surface area contributed by atoms with Crippen molar-refractivity contribution in [3.05, 3.63) is 77.9 Å². The molecule has 30 heavy (non-hydrogen) atoms. The Balaban J connectivity index is 1.37. The first-order valence-electron chi connectivity index (χ1n) is 11.1. The van der Waals surface area contributed by atoms with Crippen LogP contribution in [0.4, 0.5) is 11.4 Å². The summed E-state index contributed by atoms with van der Waals surface area (Å²) in [6.45, 7) is 2.73. The van der Waals surface area contributed by atoms with E-state index in [1.807, 2.05) is 24.3 Å². The van der Waals surface area contributed by atoms with Crippen LogP contribution in [-0.4, -0.2) is 0 Å². The molecule has 3 aromatic carbocycles. The van der Waals surface area contributed by atoms with E-state index < -0.39 is 0 Å². The number of rotatable bonds is 6. The van der Waals surface area contributed by atoms with E-state index in [1.54, 1.807) is 6.07 Å². The second-order valence-corrected chi connectivity index (χ2v) is 8.52. The molecule has 0 aromatic heterocycles. The highest BCUT2D eigenvalue weighted by molar-refractivity contribution is 5.64. The summed E-state index contributed by atoms with van der Waals surface area (Å²) in [6, 6.07) is 22.9. The maximum Gasteiger partial charge on any atom is 0.119 e. The Kier molecular flexibility index (Phi) is 6.27. The standard InChI is InChI=1S/C27H32N2O/c1-2-19-3-5-20(6-4-19)21-7-9-22(10-8-21)23-11-14-26(15-12-23)30-18-24-17-25(28)13-16-27(24)29/h7-17,19-20H,2-6,18,28-29H2,1H3. The molecule has 0 amide bonds. The van der Waals surface area contributed by atoms with Crippen LogP contribution in [0.25, 0.3) is 11.1 Å². The van der Waals surface area contributed by atoms with E-state index in [-0.39, 0.29) is 0 Å². The third kappa shape index (κ3) is 4.79. The molecule has 3 aromatic rings. The molecule has 1 saturated carbocycles. The molecule has 4 rings (SSSR count). The van der Waals surface area contributed by atoms with E-state index >= 15 is 0 Å². The van der Waals surface area contributed by atoms with E-state index in [0.29, 0.717) is 18.0 Å². The Bertz CT molecular complexity index is 955. The Morgan fingerprint density at radius 2 is 1.43 bits per heavy atom. The minimum atomic E-state index is 0.408. The summed E-state index contributed by atoms with van der Waals surface area (Å²) < 4.78 is 5.90. The van der Waals surface area contributed by atoms with Gasteiger partial charge in [0.15, 0.2) is 0 Å². The fraction of sp³-hybridized carbons (Fsp3) is 0.333. The summed E-state index contributed by atoms with van der Waals surface area (Å²) in [6.07, 6.45) is 6.76. The van der Waals surface area contributed by atoms with Gasteiger partial charge in [-0.2, -0.15) is 0 Å². The van der Waals surface area contributed by atoms with E-state index in [1.165, 1.54) is 48.8 Å². The highest BCUT2D eigenvalue weighted by Crippen LogP contribution is 2.37. The summed E-state index contributed by atoms with van der Waals surface area (Å²) in [5, 5.41) is 0. The van der Waals surface area contributed by atoms with Gasteiger partial charge in [0.1, 0.15) is 12.4 Å². The minimum Gasteiger partial charge on any atom is -0.489 e. The van der Waals surface area contributed by atoms with Crippen molar-refractivity contribution in [1.29, 1.82) is 0 Å². The van der Waals surface area contributed by atoms with E-state index in [4.69, 9.17) is 16.2 Å². The van der Waals surface area contributed by atoms with Crippen molar-refractivity contribution >= 4 is 11.4 Å². The predicted octanol–water partition coefficient (Wildman–Crippen LogP) is 6.78. The van der Waals surface area contributed by atoms with Gasteiger partial charge in [-0.1, -0.05) is 49.7 Å². The fourth-order valence-corrected chi connectivity index (χ4v) is 4.51. The van der Waals surface area contributed by atoms with Crippen LogP contribution >= 0.6 is 0 Å². The Hall–Kier alpha value is -2.94. The number of benzene rings is 3. The van der Waals surface area contributed by atoms with Crippen LogP contribution in [-0.2, 0) is 6.61 Å². The first kappa shape index (κ1) is 20.3. The number of hydrogen-bond donors (Lipinski definition) is 2. The number of anilines is 2. The molecule has 3 nitrogen and oxygen atoms in total. The summed E-state index contributed by atoms with van der Waals surface area (Å²) in [7, 11) is 0. The summed E-state index contributed by atoms with van der Waals surface area (Å²) in [4.78, 5) is 0. The zero-order valence-corrected chi connectivity index (χ0v) is 17.8. The topological polar surface area (TPSA) is 61.3 Å². The Morgan fingerprint density at radius 3 is 2.07 bits per heavy atom. The lowest BCUT2D eigenvalue weighted by Crippen LogP contribution is -2.12. The van der Waals surface area contributed by atoms with Gasteiger partial charge in [0, 0.05) is 16.9 Å². The molecule has 0 unspecified atom stereocenters. The third-order valence-corrected chi connectivity index (χ3v) is 6.56. The zero-order chi connectivity index (χ0) is 20.9. The SMILES string of the molecule is CCC1CCC(c2ccc(-c3ccc(OCc4cc(N)ccc4N)cc3)cc2)CC1. The second-order valence-electron chi connectivity index (χ2n) is 8.52. The van der Waals surface area contributed by atoms with Crippen LogP contribution in [0.2, 0.25) is 0 Å². The van der Waals surface area contributed by atoms with Gasteiger partial charge in [-0.05, 0) is 84.5 Å². The third-order valence-electron chi connectivity index (χ3n) is 6.56. The number of ether oxygens (including phenoxy) is 1. The molecule has 0 bridgehead atoms. The van der Waals surface area contributed by atoms with E-state index in [0.717, 1.165) is 23.1 Å². The van der Waals surface area contributed by atoms with Crippen LogP contribution in [0.5, 0.6) is 5.75 Å². The molecule has 0 aliphatic heterocycles. The van der Waals surface area contributed by atoms with Crippen molar-refractivity contribution in [2.45, 2.75) is 51.6 Å². The van der Waals surface area contributed by atoms with Gasteiger partial charge in [0.05, 0.1) is 0 Å². The number of hydrogen-bond acceptors (Lipinski definition) is 3. The average molecular weight is 401 g/mol. The normalized spacial score (nSPS) is 18.8. The van der Waals surface area contributed by atoms with Gasteiger partial charge in [-0.15, -0.1) is 0 Å². The molecule has 0 radical (unpaired) electrons. The van der Waals surface area contributed by atoms with Gasteiger partial charge >= 0.3 is 0 Å². The molecule has 0 heterocycles. The number of nitrogen functional groups attached to an aromatic ring is 2. The quantitative estimate of drug-likeness (QED) is 0.448. The maximum atomic E-state index is 6.00. The molecule has 1 fully saturated rings. The Morgan fingerprint density at radius 1 is 0.800 bits per heavy atom. The molecule has 0 atom stereocenters. The van der Waals surface area contributed by atoms with Gasteiger partial charge in [-0.3, -0.25) is 0 Å². The lowest BCUT2D eigenvalue weighted by Gasteiger charge is -2.28. The van der Waals surface area contributed by atoms with Crippen molar-refractivity contribution < 1.29 is 4.74 Å². The van der Waals surface area contributed by atoms with Crippen LogP contribution in [0.15, 0.2) is 66.7 Å². The van der Waals surface area contributed by atoms with Gasteiger partial charge in [0.25, 0.3) is 0 Å². The van der Waals surface area contributed by atoms with Crippen molar-refractivity contribution in [3.63, 3.8) is 0 Å². The largest absolute Gasteiger partial charge is 0.489 e. The predicted molar refractivity (Wildman–Crippen MR) is 126 cm³/mol. The lowest BCUT2D eigenvalue weighted by molar-refractivity contribution is 0.307. The van der Waals surface area contributed by atoms with Crippen molar-refractivity contribution in [2.24, 2.45) is 5.92 Å². The Labute approximate surface area is 180 Å². The smallest absolute Gasteiger partial charge is 0.119 e. The fourth-order valence-electron chi connectivity index (χ4n) is 4.51. The highest BCUT2D eigenvalue weighted by atomic mass is 16.5. The minimum absolute atomic E-state index is 0.408. The van der Waals surface area contributed by atoms with E-state index in [9.17, 15) is 0 Å². The van der Waals surface area contributed by atoms with Crippen molar-refractivity contribution in [1.82, 2.24) is 0 Å². The molecule has 0 saturated heterocycles. The number of nitrogens with two attached hydrogens (primary N) is 2. The van der Waals surface area contributed by atoms with Crippen LogP contribution in [0.1, 0.15) is 56.1 Å². The molecular weight excluding hydrogens is 368 g/mol. The monoisotopic (exact) mass is 400 g/mol.